The Kier molecular flexibility index (Phi) is 443. The van der Waals surface area contributed by atoms with E-state index in [1.807, 2.05) is 53.1 Å². The van der Waals surface area contributed by atoms with E-state index in [0.29, 0.717) is 20.1 Å². The molecule has 0 aliphatic carbocycles. The molecule has 0 spiro atoms. The van der Waals surface area contributed by atoms with Gasteiger partial charge in [0.2, 0.25) is 0 Å². The van der Waals surface area contributed by atoms with Gasteiger partial charge in [0.1, 0.15) is 0 Å². The predicted molar refractivity (Wildman–Crippen MR) is 222 cm³/mol. The fourth-order valence-electron chi connectivity index (χ4n) is 0. The summed E-state index contributed by atoms with van der Waals surface area (Å²) in [5.41, 5.74) is 37.6. The van der Waals surface area contributed by atoms with Crippen molar-refractivity contribution in [3.8, 4) is 0 Å². The minimum absolute atomic E-state index is 0. The Morgan fingerprint density at radius 2 is 0.533 bits per heavy atom. The minimum Gasteiger partial charge on any atom is -0.344 e. The Bertz CT molecular complexity index is 701. The van der Waals surface area contributed by atoms with Gasteiger partial charge < -0.3 is 34.6 Å². The number of hydrogen-bond donors (Lipinski definition) is 3. The van der Waals surface area contributed by atoms with E-state index in [9.17, 15) is 0 Å². The van der Waals surface area contributed by atoms with Crippen molar-refractivity contribution in [2.75, 3.05) is 0 Å². The van der Waals surface area contributed by atoms with E-state index in [0.717, 1.165) is 148 Å². The van der Waals surface area contributed by atoms with E-state index in [1.165, 1.54) is 108 Å². The van der Waals surface area contributed by atoms with E-state index in [-0.39, 0.29) is 165 Å². The van der Waals surface area contributed by atoms with Crippen molar-refractivity contribution >= 4 is 54.4 Å². The number of hydrogen-bond acceptors (Lipinski definition) is 3. The largest absolute Gasteiger partial charge is 1.00 e. The molecule has 0 saturated carbocycles. The van der Waals surface area contributed by atoms with E-state index < -0.39 is 0 Å². The van der Waals surface area contributed by atoms with Gasteiger partial charge >= 0.3 is 366 Å². The van der Waals surface area contributed by atoms with Crippen molar-refractivity contribution in [1.82, 2.24) is 0 Å². The molecule has 0 aliphatic rings. The molecule has 0 amide bonds. The minimum atomic E-state index is 0. The molecule has 0 aromatic carbocycles. The molecule has 0 fully saturated rings. The Labute approximate surface area is 616 Å². The summed E-state index contributed by atoms with van der Waals surface area (Å²) in [6.07, 6.45) is 11.4. The number of rotatable bonds is 5. The first-order valence-corrected chi connectivity index (χ1v) is 29.3. The number of thiol groups is 1. The molecule has 0 rings (SSSR count). The zero-order chi connectivity index (χ0) is 48.5. The summed E-state index contributed by atoms with van der Waals surface area (Å²) < 4.78 is 14.8. The Balaban J connectivity index is -0.0000000148. The van der Waals surface area contributed by atoms with Crippen LogP contribution < -0.4 is 5.73 Å². The van der Waals surface area contributed by atoms with Crippen molar-refractivity contribution < 1.29 is 364 Å². The maximum absolute atomic E-state index is 7.36. The molecule has 5 radical (unpaired) electrons. The van der Waals surface area contributed by atoms with Crippen LogP contribution in [0.1, 0.15) is 82.0 Å². The summed E-state index contributed by atoms with van der Waals surface area (Å²) in [4.78, 5) is 0. The standard InChI is InChI=1S/5C3H3N.5C3H7.2C2H3.CH2N.CHO.CHS.10W.5Y/c5*1-2-3-4;5*1-3-2;5*1-2;;;;;;;;;;;;;;;/h5*1-2,4H;5*1,3H2,2H3;2*1H3;2H2;2*2H;;;;;;;;;;;;;;;/q5*-2;10*-1;;;;;;;;;;;;;;;/p+1. The number of aliphatic hydroxyl groups excluding tert-OH is 1. The van der Waals surface area contributed by atoms with Gasteiger partial charge in [-0.1, -0.05) is 34.6 Å². The van der Waals surface area contributed by atoms with E-state index in [2.05, 4.69) is 70.0 Å². The third kappa shape index (κ3) is 769. The van der Waals surface area contributed by atoms with Crippen LogP contribution in [-0.4, -0.2) is 46.9 Å². The molecule has 0 heterocycles. The van der Waals surface area contributed by atoms with Gasteiger partial charge in [-0.15, -0.1) is 0 Å². The quantitative estimate of drug-likeness (QED) is 0.142. The molecule has 7 nitrogen and oxygen atoms in total. The summed E-state index contributed by atoms with van der Waals surface area (Å²) in [6, 6.07) is 0. The zero-order valence-corrected chi connectivity index (χ0v) is 80.2. The van der Waals surface area contributed by atoms with Crippen molar-refractivity contribution in [2.24, 2.45) is 5.73 Å². The second-order valence-corrected chi connectivity index (χ2v) is 20.4. The summed E-state index contributed by atoms with van der Waals surface area (Å²) in [5, 5.41) is 7.36. The molecule has 345 valence electrons. The third-order valence-corrected chi connectivity index (χ3v) is 3.20. The van der Waals surface area contributed by atoms with E-state index in [4.69, 9.17) is 66.7 Å². The van der Waals surface area contributed by atoms with Gasteiger partial charge in [0.15, 0.2) is 0 Å². The van der Waals surface area contributed by atoms with Crippen LogP contribution in [0.3, 0.4) is 0 Å². The molecular weight excluding hydrogens is 2860 g/mol. The Morgan fingerprint density at radius 3 is 0.533 bits per heavy atom. The van der Waals surface area contributed by atoms with Crippen LogP contribution >= 0.6 is 12.6 Å². The molecule has 0 atom stereocenters. The molecule has 0 unspecified atom stereocenters. The summed E-state index contributed by atoms with van der Waals surface area (Å²) in [6.45, 7) is 55.5. The maximum Gasteiger partial charge on any atom is 1.00 e. The van der Waals surface area contributed by atoms with Crippen molar-refractivity contribution in [3.05, 3.63) is 127 Å². The fourth-order valence-corrected chi connectivity index (χ4v) is 0. The maximum atomic E-state index is 7.36. The first-order valence-electron chi connectivity index (χ1n) is 14.2. The normalized spacial score (nSPS) is 5.33. The molecule has 0 saturated heterocycles. The van der Waals surface area contributed by atoms with Gasteiger partial charge in [-0.3, -0.25) is 0 Å². The van der Waals surface area contributed by atoms with E-state index in [1.54, 1.807) is 0 Å². The molecule has 8 N–H and O–H groups in total. The van der Waals surface area contributed by atoms with Gasteiger partial charge in [-0.05, 0) is 0 Å². The van der Waals surface area contributed by atoms with Crippen LogP contribution in [0, 0.1) is 67.5 Å². The van der Waals surface area contributed by atoms with Gasteiger partial charge in [0.05, 0.1) is 0 Å². The monoisotopic (exact) mass is 2920 g/mol. The third-order valence-electron chi connectivity index (χ3n) is 0.757. The first kappa shape index (κ1) is 133. The van der Waals surface area contributed by atoms with Crippen LogP contribution in [0.4, 0.5) is 0 Å². The van der Waals surface area contributed by atoms with Crippen LogP contribution in [0.2, 0.25) is 0 Å². The van der Waals surface area contributed by atoms with Crippen LogP contribution in [0.25, 0.3) is 28.7 Å². The molecule has 60 heavy (non-hydrogen) atoms. The molecular formula is C37H61N6OSW10Y5-19. The predicted octanol–water partition coefficient (Wildman–Crippen LogP) is 9.01. The number of nitrogens with one attached hydrogen (secondary N) is 5. The van der Waals surface area contributed by atoms with Gasteiger partial charge in [-0.2, -0.15) is 32.1 Å². The second-order valence-electron chi connectivity index (χ2n) is 5.86. The van der Waals surface area contributed by atoms with Gasteiger partial charge in [0.25, 0.3) is 0 Å². The SMILES string of the molecule is C[C-]=[W].C[C-]=[W].N[C-]=[W].O[C-]=[W].S[C-]=[W].[CH-]=C[C]([NH-])=[W].[CH-]=C[C]([NH-])=[W].[CH-]=C[C]([NH-])=[W].[CH-]=C[C]([NH-])=[W].[CH-]=C[C]([NH-])=[W].[CH2-]CC.[CH2-]CC.[CH2-]CC.[CH2-]CC.[CH2-]CC.[H+].[Y].[Y].[Y].[Y].[Y]. The molecule has 0 bridgehead atoms. The summed E-state index contributed by atoms with van der Waals surface area (Å²) >= 11 is 15.4. The van der Waals surface area contributed by atoms with E-state index >= 15 is 0 Å². The van der Waals surface area contributed by atoms with Crippen LogP contribution in [0.5, 0.6) is 0 Å². The molecule has 0 aromatic rings. The van der Waals surface area contributed by atoms with Gasteiger partial charge in [-0.25, -0.2) is 0 Å². The number of aliphatic hydroxyl groups is 1. The molecule has 0 aromatic heterocycles. The topological polar surface area (TPSA) is 165 Å². The van der Waals surface area contributed by atoms with Gasteiger partial charge in [0, 0.05) is 164 Å². The Hall–Kier alpha value is 9.87. The average molecular weight is 2920 g/mol. The average Bonchev–Trinajstić information content (AvgIpc) is 3.09. The van der Waals surface area contributed by atoms with Crippen LogP contribution in [-0.2, 0) is 357 Å². The smallest absolute Gasteiger partial charge is 0.344 e. The first-order chi connectivity index (χ1) is 25.5. The van der Waals surface area contributed by atoms with Crippen molar-refractivity contribution in [2.45, 2.75) is 80.6 Å². The summed E-state index contributed by atoms with van der Waals surface area (Å²) in [5.74, 6) is 0. The molecule has 23 heteroatoms. The fraction of sp³-hybridized carbons (Fsp3) is 0.324. The van der Waals surface area contributed by atoms with Crippen LogP contribution in [0.15, 0.2) is 30.4 Å². The number of nitrogens with two attached hydrogens (primary N) is 1. The Morgan fingerprint density at radius 1 is 0.517 bits per heavy atom. The second kappa shape index (κ2) is 200. The zero-order valence-electron chi connectivity index (χ0n) is 36.8. The summed E-state index contributed by atoms with van der Waals surface area (Å²) in [7, 11) is 0. The molecule has 0 aliphatic heterocycles. The van der Waals surface area contributed by atoms with Crippen molar-refractivity contribution in [1.29, 1.82) is 0 Å². The van der Waals surface area contributed by atoms with Crippen molar-refractivity contribution in [3.63, 3.8) is 0 Å².